The van der Waals surface area contributed by atoms with Gasteiger partial charge in [0.1, 0.15) is 0 Å². The maximum atomic E-state index is 4.15. The lowest BCUT2D eigenvalue weighted by atomic mass is 10.0. The van der Waals surface area contributed by atoms with Crippen molar-refractivity contribution in [1.82, 2.24) is 10.3 Å². The van der Waals surface area contributed by atoms with Crippen LogP contribution < -0.4 is 5.32 Å². The molecule has 0 spiro atoms. The molecule has 2 aromatic rings. The van der Waals surface area contributed by atoms with Crippen molar-refractivity contribution in [2.75, 3.05) is 6.54 Å². The quantitative estimate of drug-likeness (QED) is 0.702. The average Bonchev–Trinajstić information content (AvgIpc) is 2.85. The van der Waals surface area contributed by atoms with E-state index in [0.717, 1.165) is 17.4 Å². The summed E-state index contributed by atoms with van der Waals surface area (Å²) in [7, 11) is 0. The third-order valence-electron chi connectivity index (χ3n) is 2.67. The zero-order valence-corrected chi connectivity index (χ0v) is 14.5. The van der Waals surface area contributed by atoms with Gasteiger partial charge >= 0.3 is 0 Å². The van der Waals surface area contributed by atoms with E-state index in [1.807, 2.05) is 11.7 Å². The van der Waals surface area contributed by atoms with Crippen LogP contribution in [0.2, 0.25) is 0 Å². The van der Waals surface area contributed by atoms with Gasteiger partial charge in [0.2, 0.25) is 0 Å². The van der Waals surface area contributed by atoms with Crippen LogP contribution in [0.4, 0.5) is 0 Å². The maximum Gasteiger partial charge on any atom is 0.0794 e. The normalized spacial score (nSPS) is 12.6. The van der Waals surface area contributed by atoms with Gasteiger partial charge in [0, 0.05) is 31.6 Å². The zero-order valence-electron chi connectivity index (χ0n) is 9.99. The van der Waals surface area contributed by atoms with Gasteiger partial charge in [-0.15, -0.1) is 11.3 Å². The SMILES string of the molecule is CCNC(Cc1cncs1)c1cc(Br)ccc1I. The van der Waals surface area contributed by atoms with Crippen LogP contribution in [-0.2, 0) is 6.42 Å². The standard InChI is InChI=1S/C13H14BrIN2S/c1-2-17-13(6-10-7-16-8-18-10)11-5-9(14)3-4-12(11)15/h3-5,7-8,13,17H,2,6H2,1H3. The molecule has 5 heteroatoms. The van der Waals surface area contributed by atoms with E-state index in [4.69, 9.17) is 0 Å². The van der Waals surface area contributed by atoms with Gasteiger partial charge in [-0.3, -0.25) is 4.98 Å². The summed E-state index contributed by atoms with van der Waals surface area (Å²) in [6.45, 7) is 3.11. The van der Waals surface area contributed by atoms with Gasteiger partial charge in [0.15, 0.2) is 0 Å². The molecule has 2 nitrogen and oxygen atoms in total. The van der Waals surface area contributed by atoms with Crippen molar-refractivity contribution >= 4 is 49.9 Å². The van der Waals surface area contributed by atoms with Crippen LogP contribution in [0.5, 0.6) is 0 Å². The number of rotatable bonds is 5. The highest BCUT2D eigenvalue weighted by Crippen LogP contribution is 2.27. The lowest BCUT2D eigenvalue weighted by molar-refractivity contribution is 0.550. The molecule has 0 aliphatic carbocycles. The minimum absolute atomic E-state index is 0.347. The Kier molecular flexibility index (Phi) is 5.59. The van der Waals surface area contributed by atoms with Crippen LogP contribution in [0.1, 0.15) is 23.4 Å². The van der Waals surface area contributed by atoms with E-state index in [9.17, 15) is 0 Å². The molecule has 1 heterocycles. The molecule has 0 radical (unpaired) electrons. The summed E-state index contributed by atoms with van der Waals surface area (Å²) in [5.74, 6) is 0. The molecule has 1 aromatic heterocycles. The van der Waals surface area contributed by atoms with Gasteiger partial charge < -0.3 is 5.32 Å². The Morgan fingerprint density at radius 1 is 1.50 bits per heavy atom. The number of thiazole rings is 1. The third-order valence-corrected chi connectivity index (χ3v) is 4.95. The molecule has 1 aromatic carbocycles. The largest absolute Gasteiger partial charge is 0.310 e. The minimum Gasteiger partial charge on any atom is -0.310 e. The fourth-order valence-corrected chi connectivity index (χ4v) is 3.60. The van der Waals surface area contributed by atoms with E-state index in [2.05, 4.69) is 73.9 Å². The van der Waals surface area contributed by atoms with Crippen molar-refractivity contribution in [3.8, 4) is 0 Å². The maximum absolute atomic E-state index is 4.15. The summed E-state index contributed by atoms with van der Waals surface area (Å²) in [6.07, 6.45) is 2.95. The number of halogens is 2. The number of aromatic nitrogens is 1. The second-order valence-electron chi connectivity index (χ2n) is 3.95. The van der Waals surface area contributed by atoms with Crippen molar-refractivity contribution < 1.29 is 0 Å². The topological polar surface area (TPSA) is 24.9 Å². The molecule has 1 atom stereocenters. The Morgan fingerprint density at radius 2 is 2.33 bits per heavy atom. The molecule has 0 aliphatic rings. The van der Waals surface area contributed by atoms with E-state index in [1.54, 1.807) is 11.3 Å². The van der Waals surface area contributed by atoms with Gasteiger partial charge in [0.05, 0.1) is 5.51 Å². The van der Waals surface area contributed by atoms with Crippen molar-refractivity contribution in [2.45, 2.75) is 19.4 Å². The number of nitrogens with zero attached hydrogens (tertiary/aromatic N) is 1. The van der Waals surface area contributed by atoms with Crippen LogP contribution in [0.15, 0.2) is 34.4 Å². The Morgan fingerprint density at radius 3 is 3.00 bits per heavy atom. The molecule has 0 saturated carbocycles. The molecule has 0 fully saturated rings. The summed E-state index contributed by atoms with van der Waals surface area (Å²) in [4.78, 5) is 5.47. The third kappa shape index (κ3) is 3.76. The van der Waals surface area contributed by atoms with E-state index in [-0.39, 0.29) is 0 Å². The van der Waals surface area contributed by atoms with E-state index >= 15 is 0 Å². The van der Waals surface area contributed by atoms with E-state index in [1.165, 1.54) is 14.0 Å². The molecule has 18 heavy (non-hydrogen) atoms. The highest BCUT2D eigenvalue weighted by Gasteiger charge is 2.15. The van der Waals surface area contributed by atoms with Gasteiger partial charge in [-0.05, 0) is 52.9 Å². The van der Waals surface area contributed by atoms with Crippen molar-refractivity contribution in [1.29, 1.82) is 0 Å². The van der Waals surface area contributed by atoms with Crippen LogP contribution in [0.3, 0.4) is 0 Å². The molecule has 96 valence electrons. The fourth-order valence-electron chi connectivity index (χ4n) is 1.86. The molecule has 0 amide bonds. The first-order valence-corrected chi connectivity index (χ1v) is 8.51. The Bertz CT molecular complexity index is 502. The van der Waals surface area contributed by atoms with Gasteiger partial charge in [-0.25, -0.2) is 0 Å². The smallest absolute Gasteiger partial charge is 0.0794 e. The first-order valence-electron chi connectivity index (χ1n) is 5.76. The number of nitrogens with one attached hydrogen (secondary N) is 1. The highest BCUT2D eigenvalue weighted by molar-refractivity contribution is 14.1. The van der Waals surface area contributed by atoms with Gasteiger partial charge in [-0.1, -0.05) is 22.9 Å². The summed E-state index contributed by atoms with van der Waals surface area (Å²) >= 11 is 7.67. The lowest BCUT2D eigenvalue weighted by Crippen LogP contribution is -2.23. The summed E-state index contributed by atoms with van der Waals surface area (Å²) in [6, 6.07) is 6.79. The van der Waals surface area contributed by atoms with Crippen LogP contribution in [0, 0.1) is 3.57 Å². The van der Waals surface area contributed by atoms with Crippen molar-refractivity contribution in [3.05, 3.63) is 48.4 Å². The van der Waals surface area contributed by atoms with E-state index < -0.39 is 0 Å². The predicted octanol–water partition coefficient (Wildman–Crippen LogP) is 4.40. The fraction of sp³-hybridized carbons (Fsp3) is 0.308. The molecular formula is C13H14BrIN2S. The summed E-state index contributed by atoms with van der Waals surface area (Å²) < 4.78 is 2.43. The van der Waals surface area contributed by atoms with Gasteiger partial charge in [0.25, 0.3) is 0 Å². The molecule has 0 saturated heterocycles. The lowest BCUT2D eigenvalue weighted by Gasteiger charge is -2.19. The molecular weight excluding hydrogens is 423 g/mol. The molecule has 0 aliphatic heterocycles. The molecule has 0 bridgehead atoms. The molecule has 1 unspecified atom stereocenters. The number of likely N-dealkylation sites (N-methyl/N-ethyl adjacent to an activating group) is 1. The van der Waals surface area contributed by atoms with Crippen LogP contribution in [0.25, 0.3) is 0 Å². The first-order chi connectivity index (χ1) is 8.70. The number of hydrogen-bond acceptors (Lipinski definition) is 3. The average molecular weight is 437 g/mol. The van der Waals surface area contributed by atoms with E-state index in [0.29, 0.717) is 6.04 Å². The Hall–Kier alpha value is 0.0200. The summed E-state index contributed by atoms with van der Waals surface area (Å²) in [5, 5.41) is 3.56. The van der Waals surface area contributed by atoms with Crippen molar-refractivity contribution in [3.63, 3.8) is 0 Å². The Labute approximate surface area is 133 Å². The minimum atomic E-state index is 0.347. The predicted molar refractivity (Wildman–Crippen MR) is 89.1 cm³/mol. The molecule has 2 rings (SSSR count). The number of benzene rings is 1. The number of hydrogen-bond donors (Lipinski definition) is 1. The van der Waals surface area contributed by atoms with Crippen molar-refractivity contribution in [2.24, 2.45) is 0 Å². The first kappa shape index (κ1) is 14.4. The second-order valence-corrected chi connectivity index (χ2v) is 7.00. The monoisotopic (exact) mass is 436 g/mol. The highest BCUT2D eigenvalue weighted by atomic mass is 127. The zero-order chi connectivity index (χ0) is 13.0. The molecule has 1 N–H and O–H groups in total. The summed E-state index contributed by atoms with van der Waals surface area (Å²) in [5.41, 5.74) is 3.24. The second kappa shape index (κ2) is 6.98. The Balaban J connectivity index is 2.26. The van der Waals surface area contributed by atoms with Gasteiger partial charge in [-0.2, -0.15) is 0 Å². The van der Waals surface area contributed by atoms with Crippen LogP contribution in [-0.4, -0.2) is 11.5 Å². The van der Waals surface area contributed by atoms with Crippen LogP contribution >= 0.6 is 49.9 Å².